The summed E-state index contributed by atoms with van der Waals surface area (Å²) in [5, 5.41) is 3.94. The molecule has 0 saturated heterocycles. The summed E-state index contributed by atoms with van der Waals surface area (Å²) < 4.78 is 0. The Morgan fingerprint density at radius 2 is 1.96 bits per heavy atom. The molecule has 2 atom stereocenters. The Morgan fingerprint density at radius 3 is 2.64 bits per heavy atom. The van der Waals surface area contributed by atoms with E-state index < -0.39 is 0 Å². The van der Waals surface area contributed by atoms with Gasteiger partial charge in [0.2, 0.25) is 5.91 Å². The number of hydrogen-bond donors (Lipinski definition) is 3. The number of fused-ring (bicyclic) bond motifs is 3. The van der Waals surface area contributed by atoms with Crippen LogP contribution in [0.4, 0.5) is 0 Å². The summed E-state index contributed by atoms with van der Waals surface area (Å²) in [5.41, 5.74) is 7.06. The van der Waals surface area contributed by atoms with Gasteiger partial charge in [-0.2, -0.15) is 0 Å². The molecule has 2 unspecified atom stereocenters. The number of H-pyrrole nitrogens is 1. The van der Waals surface area contributed by atoms with E-state index in [-0.39, 0.29) is 36.0 Å². The van der Waals surface area contributed by atoms with Crippen LogP contribution in [0.3, 0.4) is 0 Å². The maximum absolute atomic E-state index is 12.5. The summed E-state index contributed by atoms with van der Waals surface area (Å²) in [4.78, 5) is 34.2. The van der Waals surface area contributed by atoms with E-state index in [2.05, 4.69) is 15.3 Å². The predicted molar refractivity (Wildman–Crippen MR) is 115 cm³/mol. The Hall–Kier alpha value is -1.44. The van der Waals surface area contributed by atoms with Crippen LogP contribution in [0, 0.1) is 25.7 Å². The topological polar surface area (TPSA) is 101 Å². The highest BCUT2D eigenvalue weighted by molar-refractivity contribution is 7.18. The van der Waals surface area contributed by atoms with E-state index in [1.54, 1.807) is 0 Å². The first-order chi connectivity index (χ1) is 12.9. The number of rotatable bonds is 4. The number of aryl methyl sites for hydroxylation is 3. The molecule has 8 heteroatoms. The summed E-state index contributed by atoms with van der Waals surface area (Å²) in [6, 6.07) is 0.551. The van der Waals surface area contributed by atoms with Gasteiger partial charge in [0.25, 0.3) is 5.56 Å². The lowest BCUT2D eigenvalue weighted by atomic mass is 9.67. The normalized spacial score (nSPS) is 26.7. The molecule has 2 saturated carbocycles. The third-order valence-electron chi connectivity index (χ3n) is 6.38. The molecule has 0 aromatic carbocycles. The number of nitrogens with one attached hydrogen (secondary N) is 2. The largest absolute Gasteiger partial charge is 0.353 e. The van der Waals surface area contributed by atoms with E-state index in [1.165, 1.54) is 17.8 Å². The van der Waals surface area contributed by atoms with Crippen molar-refractivity contribution in [3.05, 3.63) is 26.6 Å². The van der Waals surface area contributed by atoms with Crippen molar-refractivity contribution in [2.24, 2.45) is 17.6 Å². The number of aromatic amines is 1. The van der Waals surface area contributed by atoms with Gasteiger partial charge < -0.3 is 16.0 Å². The molecule has 0 radical (unpaired) electrons. The van der Waals surface area contributed by atoms with Crippen molar-refractivity contribution in [2.75, 3.05) is 0 Å². The van der Waals surface area contributed by atoms with E-state index in [9.17, 15) is 9.59 Å². The second kappa shape index (κ2) is 8.51. The van der Waals surface area contributed by atoms with Gasteiger partial charge in [-0.3, -0.25) is 9.59 Å². The van der Waals surface area contributed by atoms with E-state index in [1.807, 2.05) is 13.8 Å². The van der Waals surface area contributed by atoms with E-state index >= 15 is 0 Å². The number of amides is 1. The van der Waals surface area contributed by atoms with Crippen LogP contribution in [0.15, 0.2) is 4.79 Å². The molecule has 0 spiro atoms. The monoisotopic (exact) mass is 424 g/mol. The lowest BCUT2D eigenvalue weighted by molar-refractivity contribution is -0.123. The quantitative estimate of drug-likeness (QED) is 0.702. The predicted octanol–water partition coefficient (Wildman–Crippen LogP) is 2.98. The number of nitrogens with two attached hydrogens (primary N) is 1. The lowest BCUT2D eigenvalue weighted by Crippen LogP contribution is -2.53. The first kappa shape index (κ1) is 21.3. The standard InChI is InChI=1S/C20H28N4O2S.ClH/c1-10-11(2)27-20-17(10)19(26)22-15(23-20)6-7-16(25)24-18-12-4-3-5-13(18)9-14(21)8-12;/h12-14,18H,3-9,21H2,1-2H3,(H,24,25)(H,22,23,26);1H. The van der Waals surface area contributed by atoms with Gasteiger partial charge in [0, 0.05) is 29.8 Å². The maximum Gasteiger partial charge on any atom is 0.259 e. The number of halogens is 1. The Balaban J connectivity index is 0.00000225. The van der Waals surface area contributed by atoms with Crippen LogP contribution in [0.2, 0.25) is 0 Å². The number of hydrogen-bond acceptors (Lipinski definition) is 5. The number of thiophene rings is 1. The van der Waals surface area contributed by atoms with Crippen molar-refractivity contribution in [1.82, 2.24) is 15.3 Å². The second-order valence-corrected chi connectivity index (χ2v) is 9.46. The zero-order valence-corrected chi connectivity index (χ0v) is 18.0. The van der Waals surface area contributed by atoms with E-state index in [0.717, 1.165) is 41.0 Å². The summed E-state index contributed by atoms with van der Waals surface area (Å²) in [7, 11) is 0. The molecule has 2 fully saturated rings. The molecule has 2 aromatic rings. The molecule has 2 heterocycles. The molecule has 0 aliphatic heterocycles. The highest BCUT2D eigenvalue weighted by atomic mass is 35.5. The highest BCUT2D eigenvalue weighted by Gasteiger charge is 2.39. The second-order valence-electron chi connectivity index (χ2n) is 8.25. The number of carbonyl (C=O) groups excluding carboxylic acids is 1. The fourth-order valence-electron chi connectivity index (χ4n) is 4.93. The van der Waals surface area contributed by atoms with Crippen LogP contribution in [-0.4, -0.2) is 28.0 Å². The van der Waals surface area contributed by atoms with Crippen molar-refractivity contribution in [1.29, 1.82) is 0 Å². The Bertz CT molecular complexity index is 911. The number of nitrogens with zero attached hydrogens (tertiary/aromatic N) is 1. The molecule has 2 aliphatic carbocycles. The van der Waals surface area contributed by atoms with Crippen LogP contribution >= 0.6 is 23.7 Å². The number of aromatic nitrogens is 2. The molecular formula is C20H29ClN4O2S. The average molecular weight is 425 g/mol. The van der Waals surface area contributed by atoms with Gasteiger partial charge in [0.1, 0.15) is 10.7 Å². The third kappa shape index (κ3) is 4.11. The summed E-state index contributed by atoms with van der Waals surface area (Å²) in [6.45, 7) is 3.95. The first-order valence-electron chi connectivity index (χ1n) is 9.96. The highest BCUT2D eigenvalue weighted by Crippen LogP contribution is 2.39. The summed E-state index contributed by atoms with van der Waals surface area (Å²) in [5.74, 6) is 1.68. The van der Waals surface area contributed by atoms with Gasteiger partial charge in [-0.15, -0.1) is 23.7 Å². The van der Waals surface area contributed by atoms with Gasteiger partial charge in [-0.25, -0.2) is 4.98 Å². The average Bonchev–Trinajstić information content (AvgIpc) is 2.88. The fraction of sp³-hybridized carbons (Fsp3) is 0.650. The van der Waals surface area contributed by atoms with Crippen LogP contribution in [0.25, 0.3) is 10.2 Å². The van der Waals surface area contributed by atoms with Crippen molar-refractivity contribution < 1.29 is 4.79 Å². The van der Waals surface area contributed by atoms with Crippen LogP contribution in [0.1, 0.15) is 54.8 Å². The minimum Gasteiger partial charge on any atom is -0.353 e. The zero-order chi connectivity index (χ0) is 19.1. The Morgan fingerprint density at radius 1 is 1.29 bits per heavy atom. The van der Waals surface area contributed by atoms with Crippen molar-refractivity contribution in [3.63, 3.8) is 0 Å². The van der Waals surface area contributed by atoms with Crippen LogP contribution in [-0.2, 0) is 11.2 Å². The van der Waals surface area contributed by atoms with Gasteiger partial charge in [-0.05, 0) is 56.9 Å². The molecule has 2 aromatic heterocycles. The van der Waals surface area contributed by atoms with Crippen molar-refractivity contribution >= 4 is 39.9 Å². The summed E-state index contributed by atoms with van der Waals surface area (Å²) in [6.07, 6.45) is 6.41. The molecule has 1 amide bonds. The molecule has 154 valence electrons. The minimum atomic E-state index is -0.104. The van der Waals surface area contributed by atoms with Gasteiger partial charge >= 0.3 is 0 Å². The van der Waals surface area contributed by atoms with E-state index in [4.69, 9.17) is 5.73 Å². The molecule has 2 bridgehead atoms. The van der Waals surface area contributed by atoms with Crippen LogP contribution < -0.4 is 16.6 Å². The van der Waals surface area contributed by atoms with E-state index in [0.29, 0.717) is 35.9 Å². The van der Waals surface area contributed by atoms with Gasteiger partial charge in [0.05, 0.1) is 5.39 Å². The third-order valence-corrected chi connectivity index (χ3v) is 7.48. The van der Waals surface area contributed by atoms with Crippen molar-refractivity contribution in [2.45, 2.75) is 70.9 Å². The molecule has 4 N–H and O–H groups in total. The van der Waals surface area contributed by atoms with Gasteiger partial charge in [-0.1, -0.05) is 6.42 Å². The zero-order valence-electron chi connectivity index (χ0n) is 16.4. The molecular weight excluding hydrogens is 396 g/mol. The molecule has 4 rings (SSSR count). The minimum absolute atomic E-state index is 0. The maximum atomic E-state index is 12.5. The summed E-state index contributed by atoms with van der Waals surface area (Å²) >= 11 is 1.54. The molecule has 2 aliphatic rings. The smallest absolute Gasteiger partial charge is 0.259 e. The Kier molecular flexibility index (Phi) is 6.47. The lowest BCUT2D eigenvalue weighted by Gasteiger charge is -2.45. The molecule has 28 heavy (non-hydrogen) atoms. The SMILES string of the molecule is Cc1sc2nc(CCC(=O)NC3C4CCCC3CC(N)C4)[nH]c(=O)c2c1C.Cl. The Labute approximate surface area is 175 Å². The fourth-order valence-corrected chi connectivity index (χ4v) is 5.98. The molecule has 6 nitrogen and oxygen atoms in total. The van der Waals surface area contributed by atoms with Crippen LogP contribution in [0.5, 0.6) is 0 Å². The van der Waals surface area contributed by atoms with Gasteiger partial charge in [0.15, 0.2) is 0 Å². The first-order valence-corrected chi connectivity index (χ1v) is 10.8. The van der Waals surface area contributed by atoms with Crippen molar-refractivity contribution in [3.8, 4) is 0 Å². The number of carbonyl (C=O) groups is 1.